The largest absolute Gasteiger partial charge is 0.335 e. The summed E-state index contributed by atoms with van der Waals surface area (Å²) in [6.07, 6.45) is 3.27. The van der Waals surface area contributed by atoms with Gasteiger partial charge in [0.15, 0.2) is 5.82 Å². The average Bonchev–Trinajstić information content (AvgIpc) is 2.98. The molecule has 7 nitrogen and oxygen atoms in total. The second-order valence-electron chi connectivity index (χ2n) is 4.85. The lowest BCUT2D eigenvalue weighted by Gasteiger charge is -2.08. The minimum Gasteiger partial charge on any atom is -0.335 e. The van der Waals surface area contributed by atoms with Gasteiger partial charge in [-0.2, -0.15) is 0 Å². The summed E-state index contributed by atoms with van der Waals surface area (Å²) in [7, 11) is 0. The van der Waals surface area contributed by atoms with Crippen LogP contribution in [0.25, 0.3) is 11.4 Å². The van der Waals surface area contributed by atoms with Gasteiger partial charge in [-0.1, -0.05) is 41.0 Å². The van der Waals surface area contributed by atoms with Gasteiger partial charge in [0.2, 0.25) is 11.1 Å². The topological polar surface area (TPSA) is 98.7 Å². The van der Waals surface area contributed by atoms with Crippen molar-refractivity contribution in [3.05, 3.63) is 52.8 Å². The average molecular weight is 395 g/mol. The summed E-state index contributed by atoms with van der Waals surface area (Å²) in [5.74, 6) is 6.28. The molecule has 10 heteroatoms. The van der Waals surface area contributed by atoms with Crippen LogP contribution in [0.5, 0.6) is 0 Å². The summed E-state index contributed by atoms with van der Waals surface area (Å²) in [6, 6.07) is 8.54. The van der Waals surface area contributed by atoms with Crippen LogP contribution in [0, 0.1) is 0 Å². The van der Waals surface area contributed by atoms with E-state index >= 15 is 0 Å². The zero-order valence-electron chi connectivity index (χ0n) is 12.7. The number of nitrogens with zero attached hydrogens (tertiary/aromatic N) is 4. The standard InChI is InChI=1S/C15H12Cl2N6OS/c16-10-2-1-3-11(17)13(10)20-12(24)8-25-15-22-21-14(23(15)18)9-4-6-19-7-5-9/h1-7H,8,18H2,(H,20,24). The highest BCUT2D eigenvalue weighted by Crippen LogP contribution is 2.30. The van der Waals surface area contributed by atoms with Crippen LogP contribution in [0.1, 0.15) is 0 Å². The maximum absolute atomic E-state index is 12.1. The van der Waals surface area contributed by atoms with E-state index in [0.717, 1.165) is 17.3 Å². The van der Waals surface area contributed by atoms with Crippen molar-refractivity contribution in [2.24, 2.45) is 0 Å². The Morgan fingerprint density at radius 2 is 1.84 bits per heavy atom. The van der Waals surface area contributed by atoms with Crippen LogP contribution in [0.15, 0.2) is 47.9 Å². The van der Waals surface area contributed by atoms with Gasteiger partial charge in [-0.05, 0) is 24.3 Å². The molecular formula is C15H12Cl2N6OS. The summed E-state index contributed by atoms with van der Waals surface area (Å²) in [5, 5.41) is 11.9. The lowest BCUT2D eigenvalue weighted by atomic mass is 10.2. The van der Waals surface area contributed by atoms with Crippen molar-refractivity contribution < 1.29 is 4.79 Å². The van der Waals surface area contributed by atoms with Crippen LogP contribution in [0.3, 0.4) is 0 Å². The maximum atomic E-state index is 12.1. The molecule has 2 heterocycles. The third-order valence-electron chi connectivity index (χ3n) is 3.16. The molecule has 0 radical (unpaired) electrons. The molecule has 0 atom stereocenters. The Bertz CT molecular complexity index is 882. The van der Waals surface area contributed by atoms with E-state index in [2.05, 4.69) is 20.5 Å². The van der Waals surface area contributed by atoms with Gasteiger partial charge in [-0.3, -0.25) is 9.78 Å². The predicted molar refractivity (Wildman–Crippen MR) is 99.2 cm³/mol. The van der Waals surface area contributed by atoms with E-state index < -0.39 is 0 Å². The van der Waals surface area contributed by atoms with Gasteiger partial charge in [0, 0.05) is 18.0 Å². The van der Waals surface area contributed by atoms with Crippen molar-refractivity contribution in [3.63, 3.8) is 0 Å². The van der Waals surface area contributed by atoms with E-state index in [1.54, 1.807) is 42.7 Å². The number of halogens is 2. The quantitative estimate of drug-likeness (QED) is 0.509. The lowest BCUT2D eigenvalue weighted by molar-refractivity contribution is -0.113. The van der Waals surface area contributed by atoms with E-state index in [1.165, 1.54) is 4.68 Å². The number of thioether (sulfide) groups is 1. The summed E-state index contributed by atoms with van der Waals surface area (Å²) in [5.41, 5.74) is 1.16. The monoisotopic (exact) mass is 394 g/mol. The SMILES string of the molecule is Nn1c(SCC(=O)Nc2c(Cl)cccc2Cl)nnc1-c1ccncc1. The number of pyridine rings is 1. The van der Waals surface area contributed by atoms with E-state index in [9.17, 15) is 4.79 Å². The molecule has 0 aliphatic carbocycles. The molecule has 1 amide bonds. The third kappa shape index (κ3) is 4.04. The first-order valence-electron chi connectivity index (χ1n) is 7.04. The van der Waals surface area contributed by atoms with E-state index in [4.69, 9.17) is 29.0 Å². The van der Waals surface area contributed by atoms with Gasteiger partial charge in [-0.25, -0.2) is 4.68 Å². The molecule has 3 aromatic rings. The van der Waals surface area contributed by atoms with Crippen molar-refractivity contribution in [1.82, 2.24) is 19.9 Å². The highest BCUT2D eigenvalue weighted by molar-refractivity contribution is 7.99. The molecule has 0 saturated heterocycles. The molecule has 0 bridgehead atoms. The number of para-hydroxylation sites is 1. The number of carbonyl (C=O) groups is 1. The first kappa shape index (κ1) is 17.5. The van der Waals surface area contributed by atoms with Gasteiger partial charge in [0.25, 0.3) is 0 Å². The van der Waals surface area contributed by atoms with Gasteiger partial charge in [-0.15, -0.1) is 10.2 Å². The minimum absolute atomic E-state index is 0.0766. The van der Waals surface area contributed by atoms with Gasteiger partial charge in [0.05, 0.1) is 21.5 Å². The summed E-state index contributed by atoms with van der Waals surface area (Å²) >= 11 is 13.2. The fraction of sp³-hybridized carbons (Fsp3) is 0.0667. The normalized spacial score (nSPS) is 10.6. The molecule has 128 valence electrons. The summed E-state index contributed by atoms with van der Waals surface area (Å²) < 4.78 is 1.33. The maximum Gasteiger partial charge on any atom is 0.234 e. The molecule has 0 spiro atoms. The van der Waals surface area contributed by atoms with Crippen LogP contribution in [0.2, 0.25) is 10.0 Å². The zero-order valence-corrected chi connectivity index (χ0v) is 15.0. The first-order chi connectivity index (χ1) is 12.1. The molecule has 0 saturated carbocycles. The van der Waals surface area contributed by atoms with E-state index in [-0.39, 0.29) is 11.7 Å². The zero-order chi connectivity index (χ0) is 17.8. The fourth-order valence-corrected chi connectivity index (χ4v) is 3.14. The van der Waals surface area contributed by atoms with Gasteiger partial charge < -0.3 is 11.2 Å². The van der Waals surface area contributed by atoms with Gasteiger partial charge >= 0.3 is 0 Å². The number of benzene rings is 1. The number of aromatic nitrogens is 4. The number of nitrogen functional groups attached to an aromatic ring is 1. The van der Waals surface area contributed by atoms with Crippen LogP contribution in [0.4, 0.5) is 5.69 Å². The lowest BCUT2D eigenvalue weighted by Crippen LogP contribution is -2.16. The van der Waals surface area contributed by atoms with Crippen molar-refractivity contribution in [2.75, 3.05) is 16.9 Å². The highest BCUT2D eigenvalue weighted by atomic mass is 35.5. The third-order valence-corrected chi connectivity index (χ3v) is 4.74. The van der Waals surface area contributed by atoms with Crippen LogP contribution >= 0.6 is 35.0 Å². The second kappa shape index (κ2) is 7.73. The summed E-state index contributed by atoms with van der Waals surface area (Å²) in [4.78, 5) is 16.1. The molecule has 0 unspecified atom stereocenters. The second-order valence-corrected chi connectivity index (χ2v) is 6.60. The number of anilines is 1. The molecule has 1 aromatic carbocycles. The smallest absolute Gasteiger partial charge is 0.234 e. The molecule has 0 aliphatic heterocycles. The predicted octanol–water partition coefficient (Wildman–Crippen LogP) is 3.09. The number of carbonyl (C=O) groups excluding carboxylic acids is 1. The molecule has 25 heavy (non-hydrogen) atoms. The number of amides is 1. The van der Waals surface area contributed by atoms with Crippen molar-refractivity contribution in [2.45, 2.75) is 5.16 Å². The Labute approximate surface area is 157 Å². The Kier molecular flexibility index (Phi) is 5.42. The molecule has 3 N–H and O–H groups in total. The van der Waals surface area contributed by atoms with Crippen LogP contribution in [-0.4, -0.2) is 31.5 Å². The fourth-order valence-electron chi connectivity index (χ4n) is 2.00. The molecule has 3 rings (SSSR count). The number of rotatable bonds is 5. The number of nitrogens with one attached hydrogen (secondary N) is 1. The summed E-state index contributed by atoms with van der Waals surface area (Å²) in [6.45, 7) is 0. The van der Waals surface area contributed by atoms with Crippen molar-refractivity contribution in [3.8, 4) is 11.4 Å². The highest BCUT2D eigenvalue weighted by Gasteiger charge is 2.15. The van der Waals surface area contributed by atoms with E-state index in [0.29, 0.717) is 26.7 Å². The Morgan fingerprint density at radius 3 is 2.52 bits per heavy atom. The van der Waals surface area contributed by atoms with Crippen LogP contribution in [-0.2, 0) is 4.79 Å². The number of nitrogens with two attached hydrogens (primary N) is 1. The number of hydrogen-bond acceptors (Lipinski definition) is 6. The molecular weight excluding hydrogens is 383 g/mol. The molecule has 0 fully saturated rings. The van der Waals surface area contributed by atoms with Gasteiger partial charge in [0.1, 0.15) is 0 Å². The Balaban J connectivity index is 1.66. The molecule has 0 aliphatic rings. The van der Waals surface area contributed by atoms with Crippen LogP contribution < -0.4 is 11.2 Å². The van der Waals surface area contributed by atoms with E-state index in [1.807, 2.05) is 0 Å². The Morgan fingerprint density at radius 1 is 1.16 bits per heavy atom. The molecule has 2 aromatic heterocycles. The minimum atomic E-state index is -0.284. The van der Waals surface area contributed by atoms with Crippen molar-refractivity contribution >= 4 is 46.6 Å². The number of hydrogen-bond donors (Lipinski definition) is 2. The first-order valence-corrected chi connectivity index (χ1v) is 8.78. The van der Waals surface area contributed by atoms with Crippen molar-refractivity contribution in [1.29, 1.82) is 0 Å². The Hall–Kier alpha value is -2.29.